The zero-order valence-electron chi connectivity index (χ0n) is 23.0. The van der Waals surface area contributed by atoms with Crippen molar-refractivity contribution in [3.8, 4) is 0 Å². The lowest BCUT2D eigenvalue weighted by Gasteiger charge is -2.34. The highest BCUT2D eigenvalue weighted by Crippen LogP contribution is 2.16. The Labute approximate surface area is 229 Å². The van der Waals surface area contributed by atoms with Crippen LogP contribution in [0.4, 0.5) is 4.39 Å². The summed E-state index contributed by atoms with van der Waals surface area (Å²) in [5.41, 5.74) is 0.304. The molecule has 2 amide bonds. The minimum Gasteiger partial charge on any atom is -0.388 e. The number of amides is 2. The van der Waals surface area contributed by atoms with Crippen LogP contribution < -0.4 is 0 Å². The van der Waals surface area contributed by atoms with Gasteiger partial charge in [-0.25, -0.2) is 4.39 Å². The van der Waals surface area contributed by atoms with Crippen LogP contribution in [0, 0.1) is 11.7 Å². The van der Waals surface area contributed by atoms with E-state index in [1.54, 1.807) is 28.9 Å². The van der Waals surface area contributed by atoms with Gasteiger partial charge in [0.2, 0.25) is 0 Å². The van der Waals surface area contributed by atoms with Crippen molar-refractivity contribution in [3.63, 3.8) is 0 Å². The van der Waals surface area contributed by atoms with Gasteiger partial charge in [-0.05, 0) is 37.3 Å². The predicted molar refractivity (Wildman–Crippen MR) is 143 cm³/mol. The summed E-state index contributed by atoms with van der Waals surface area (Å²) in [6.45, 7) is 5.18. The Bertz CT molecular complexity index is 1060. The fraction of sp³-hybridized carbons (Fsp3) is 0.607. The average molecular weight is 549 g/mol. The van der Waals surface area contributed by atoms with Crippen molar-refractivity contribution in [1.29, 1.82) is 0 Å². The number of benzene rings is 1. The molecule has 0 saturated carbocycles. The summed E-state index contributed by atoms with van der Waals surface area (Å²) in [6.07, 6.45) is 1.58. The van der Waals surface area contributed by atoms with Gasteiger partial charge in [-0.2, -0.15) is 5.10 Å². The van der Waals surface area contributed by atoms with Gasteiger partial charge in [-0.1, -0.05) is 26.0 Å². The van der Waals surface area contributed by atoms with Crippen molar-refractivity contribution in [2.45, 2.75) is 51.4 Å². The Balaban J connectivity index is 1.90. The summed E-state index contributed by atoms with van der Waals surface area (Å²) in [6, 6.07) is 5.68. The average Bonchev–Trinajstić information content (AvgIpc) is 3.35. The third-order valence-electron chi connectivity index (χ3n) is 6.73. The van der Waals surface area contributed by atoms with E-state index < -0.39 is 30.0 Å². The molecule has 1 aliphatic heterocycles. The highest BCUT2D eigenvalue weighted by atomic mass is 19.1. The zero-order valence-corrected chi connectivity index (χ0v) is 23.0. The van der Waals surface area contributed by atoms with Gasteiger partial charge in [0.25, 0.3) is 11.8 Å². The molecule has 0 bridgehead atoms. The Hall–Kier alpha value is -2.86. The van der Waals surface area contributed by atoms with Gasteiger partial charge in [-0.15, -0.1) is 0 Å². The molecule has 2 aromatic rings. The molecule has 1 fully saturated rings. The molecule has 1 aromatic heterocycles. The maximum absolute atomic E-state index is 14.6. The second-order valence-corrected chi connectivity index (χ2v) is 10.4. The number of aliphatic hydroxyl groups excluding tert-OH is 2. The van der Waals surface area contributed by atoms with Crippen LogP contribution >= 0.6 is 0 Å². The Morgan fingerprint density at radius 3 is 2.56 bits per heavy atom. The van der Waals surface area contributed by atoms with E-state index in [0.717, 1.165) is 0 Å². The minimum absolute atomic E-state index is 0.0719. The second-order valence-electron chi connectivity index (χ2n) is 10.4. The van der Waals surface area contributed by atoms with E-state index >= 15 is 0 Å². The monoisotopic (exact) mass is 548 g/mol. The number of aromatic nitrogens is 2. The van der Waals surface area contributed by atoms with E-state index in [9.17, 15) is 24.2 Å². The molecule has 216 valence electrons. The molecule has 1 aliphatic rings. The first-order valence-electron chi connectivity index (χ1n) is 13.5. The first-order valence-corrected chi connectivity index (χ1v) is 13.5. The number of hydrogen-bond acceptors (Lipinski definition) is 7. The lowest BCUT2D eigenvalue weighted by molar-refractivity contribution is -0.116. The lowest BCUT2D eigenvalue weighted by Crippen LogP contribution is -2.51. The highest BCUT2D eigenvalue weighted by molar-refractivity contribution is 5.95. The number of ether oxygens (including phenoxy) is 2. The Morgan fingerprint density at radius 1 is 1.13 bits per heavy atom. The SMILES string of the molecule is CC(C)CCO[C@@H]1CN(C(=O)c2ccccc2F)CCN(C(=O)c2cnn(C)c2)CCCCOC[C@@H](O)[C@H]1O. The standard InChI is InChI=1S/C28H41FN4O6/c1-20(2)10-15-39-25-18-33(28(37)22-8-4-5-9-23(22)29)13-12-32(27(36)21-16-30-31(3)17-21)11-6-7-14-38-19-24(34)26(25)35/h4-5,8-9,16-17,20,24-26,34-35H,6-7,10-15,18-19H2,1-3H3/t24-,25-,26-/m1/s1. The molecule has 1 aromatic carbocycles. The van der Waals surface area contributed by atoms with E-state index in [2.05, 4.69) is 5.10 Å². The molecule has 2 N–H and O–H groups in total. The smallest absolute Gasteiger partial charge is 0.257 e. The number of halogens is 1. The summed E-state index contributed by atoms with van der Waals surface area (Å²) >= 11 is 0. The van der Waals surface area contributed by atoms with Gasteiger partial charge >= 0.3 is 0 Å². The summed E-state index contributed by atoms with van der Waals surface area (Å²) in [5, 5.41) is 25.7. The molecule has 1 saturated heterocycles. The third kappa shape index (κ3) is 9.10. The summed E-state index contributed by atoms with van der Waals surface area (Å²) < 4.78 is 27.8. The van der Waals surface area contributed by atoms with E-state index in [1.165, 1.54) is 29.3 Å². The second kappa shape index (κ2) is 15.1. The number of nitrogens with zero attached hydrogens (tertiary/aromatic N) is 4. The molecule has 0 radical (unpaired) electrons. The summed E-state index contributed by atoms with van der Waals surface area (Å²) in [7, 11) is 1.73. The van der Waals surface area contributed by atoms with Crippen LogP contribution in [-0.4, -0.2) is 106 Å². The molecule has 3 atom stereocenters. The number of hydrogen-bond donors (Lipinski definition) is 2. The van der Waals surface area contributed by atoms with Crippen molar-refractivity contribution in [2.24, 2.45) is 13.0 Å². The van der Waals surface area contributed by atoms with E-state index in [4.69, 9.17) is 9.47 Å². The molecule has 0 spiro atoms. The molecule has 0 unspecified atom stereocenters. The number of aliphatic hydroxyl groups is 2. The predicted octanol–water partition coefficient (Wildman–Crippen LogP) is 2.11. The lowest BCUT2D eigenvalue weighted by atomic mass is 10.1. The number of carbonyl (C=O) groups is 2. The molecule has 0 aliphatic carbocycles. The van der Waals surface area contributed by atoms with Gasteiger partial charge < -0.3 is 29.5 Å². The van der Waals surface area contributed by atoms with E-state index in [-0.39, 0.29) is 37.7 Å². The van der Waals surface area contributed by atoms with E-state index in [1.807, 2.05) is 13.8 Å². The quantitative estimate of drug-likeness (QED) is 0.568. The van der Waals surface area contributed by atoms with Crippen molar-refractivity contribution < 1.29 is 33.7 Å². The van der Waals surface area contributed by atoms with Gasteiger partial charge in [0.15, 0.2) is 0 Å². The molecular formula is C28H41FN4O6. The Kier molecular flexibility index (Phi) is 11.9. The van der Waals surface area contributed by atoms with Crippen molar-refractivity contribution in [3.05, 3.63) is 53.6 Å². The van der Waals surface area contributed by atoms with Gasteiger partial charge in [0.1, 0.15) is 24.1 Å². The largest absolute Gasteiger partial charge is 0.388 e. The molecule has 10 nitrogen and oxygen atoms in total. The third-order valence-corrected chi connectivity index (χ3v) is 6.73. The fourth-order valence-electron chi connectivity index (χ4n) is 4.34. The number of aryl methyl sites for hydroxylation is 1. The van der Waals surface area contributed by atoms with Crippen LogP contribution in [0.25, 0.3) is 0 Å². The fourth-order valence-corrected chi connectivity index (χ4v) is 4.34. The normalized spacial score (nSPS) is 22.1. The van der Waals surface area contributed by atoms with E-state index in [0.29, 0.717) is 50.5 Å². The zero-order chi connectivity index (χ0) is 28.4. The van der Waals surface area contributed by atoms with Gasteiger partial charge in [0.05, 0.1) is 23.9 Å². The molecular weight excluding hydrogens is 507 g/mol. The van der Waals surface area contributed by atoms with Crippen molar-refractivity contribution >= 4 is 11.8 Å². The number of rotatable bonds is 6. The van der Waals surface area contributed by atoms with Crippen LogP contribution in [0.1, 0.15) is 53.8 Å². The molecule has 3 rings (SSSR count). The summed E-state index contributed by atoms with van der Waals surface area (Å²) in [4.78, 5) is 29.9. The number of carbonyl (C=O) groups excluding carboxylic acids is 2. The first kappa shape index (κ1) is 30.7. The highest BCUT2D eigenvalue weighted by Gasteiger charge is 2.32. The van der Waals surface area contributed by atoms with Gasteiger partial charge in [-0.3, -0.25) is 14.3 Å². The first-order chi connectivity index (χ1) is 18.7. The van der Waals surface area contributed by atoms with Crippen molar-refractivity contribution in [2.75, 3.05) is 46.0 Å². The Morgan fingerprint density at radius 2 is 1.87 bits per heavy atom. The van der Waals surface area contributed by atoms with Crippen LogP contribution in [0.2, 0.25) is 0 Å². The molecule has 11 heteroatoms. The van der Waals surface area contributed by atoms with Crippen LogP contribution in [0.3, 0.4) is 0 Å². The van der Waals surface area contributed by atoms with Crippen LogP contribution in [0.5, 0.6) is 0 Å². The summed E-state index contributed by atoms with van der Waals surface area (Å²) in [5.74, 6) is -1.15. The topological polar surface area (TPSA) is 117 Å². The molecule has 39 heavy (non-hydrogen) atoms. The molecule has 2 heterocycles. The van der Waals surface area contributed by atoms with Crippen LogP contribution in [0.15, 0.2) is 36.7 Å². The van der Waals surface area contributed by atoms with Crippen LogP contribution in [-0.2, 0) is 16.5 Å². The minimum atomic E-state index is -1.34. The maximum Gasteiger partial charge on any atom is 0.257 e. The van der Waals surface area contributed by atoms with Crippen molar-refractivity contribution in [1.82, 2.24) is 19.6 Å². The maximum atomic E-state index is 14.6. The van der Waals surface area contributed by atoms with Gasteiger partial charge in [0, 0.05) is 52.6 Å².